The second-order valence-electron chi connectivity index (χ2n) is 5.16. The Kier molecular flexibility index (Phi) is 3.08. The fourth-order valence-corrected chi connectivity index (χ4v) is 2.49. The van der Waals surface area contributed by atoms with E-state index >= 15 is 0 Å². The number of rotatable bonds is 2. The number of carbonyl (C=O) groups is 1. The summed E-state index contributed by atoms with van der Waals surface area (Å²) in [6, 6.07) is 10.9. The third-order valence-electron chi connectivity index (χ3n) is 3.64. The molecule has 0 fully saturated rings. The van der Waals surface area contributed by atoms with Crippen LogP contribution in [0.1, 0.15) is 12.5 Å². The number of benzene rings is 1. The first-order valence-corrected chi connectivity index (χ1v) is 7.15. The number of anilines is 1. The van der Waals surface area contributed by atoms with Crippen LogP contribution in [-0.4, -0.2) is 23.4 Å². The molecule has 0 saturated carbocycles. The second kappa shape index (κ2) is 5.24. The van der Waals surface area contributed by atoms with Crippen molar-refractivity contribution in [2.75, 3.05) is 11.8 Å². The number of hydrazone groups is 1. The van der Waals surface area contributed by atoms with Crippen LogP contribution in [-0.2, 0) is 4.79 Å². The van der Waals surface area contributed by atoms with Gasteiger partial charge in [-0.05, 0) is 42.8 Å². The molecule has 0 aliphatic carbocycles. The average molecular weight is 307 g/mol. The Balaban J connectivity index is 1.67. The van der Waals surface area contributed by atoms with Crippen LogP contribution in [0.2, 0.25) is 0 Å². The zero-order valence-electron chi connectivity index (χ0n) is 12.4. The third-order valence-corrected chi connectivity index (χ3v) is 3.64. The molecular formula is C17H13N3O3. The minimum Gasteiger partial charge on any atom is -0.454 e. The molecule has 0 atom stereocenters. The molecule has 6 heteroatoms. The molecule has 6 nitrogen and oxygen atoms in total. The van der Waals surface area contributed by atoms with E-state index in [0.717, 1.165) is 5.56 Å². The van der Waals surface area contributed by atoms with E-state index in [9.17, 15) is 4.79 Å². The lowest BCUT2D eigenvalue weighted by Crippen LogP contribution is -2.22. The zero-order chi connectivity index (χ0) is 15.8. The summed E-state index contributed by atoms with van der Waals surface area (Å²) in [4.78, 5) is 16.8. The number of nitrogens with zero attached hydrogens (tertiary/aromatic N) is 3. The van der Waals surface area contributed by atoms with Crippen molar-refractivity contribution < 1.29 is 14.3 Å². The number of carbonyl (C=O) groups excluding carboxylic acids is 1. The first kappa shape index (κ1) is 13.5. The van der Waals surface area contributed by atoms with E-state index in [2.05, 4.69) is 10.1 Å². The monoisotopic (exact) mass is 307 g/mol. The Labute approximate surface area is 132 Å². The van der Waals surface area contributed by atoms with Crippen LogP contribution in [0.25, 0.3) is 6.08 Å². The number of pyridine rings is 1. The summed E-state index contributed by atoms with van der Waals surface area (Å²) in [6.45, 7) is 2.03. The molecule has 0 unspecified atom stereocenters. The van der Waals surface area contributed by atoms with Gasteiger partial charge >= 0.3 is 0 Å². The smallest absolute Gasteiger partial charge is 0.282 e. The maximum absolute atomic E-state index is 12.6. The van der Waals surface area contributed by atoms with Crippen LogP contribution in [0.15, 0.2) is 53.3 Å². The fraction of sp³-hybridized carbons (Fsp3) is 0.118. The van der Waals surface area contributed by atoms with Crippen molar-refractivity contribution in [1.29, 1.82) is 0 Å². The van der Waals surface area contributed by atoms with E-state index in [1.54, 1.807) is 31.3 Å². The number of hydrogen-bond donors (Lipinski definition) is 0. The second-order valence-corrected chi connectivity index (χ2v) is 5.16. The van der Waals surface area contributed by atoms with E-state index < -0.39 is 0 Å². The van der Waals surface area contributed by atoms with Crippen molar-refractivity contribution >= 4 is 23.5 Å². The molecule has 114 valence electrons. The van der Waals surface area contributed by atoms with Crippen molar-refractivity contribution in [3.05, 3.63) is 53.7 Å². The third kappa shape index (κ3) is 2.34. The summed E-state index contributed by atoms with van der Waals surface area (Å²) in [5.74, 6) is 1.70. The summed E-state index contributed by atoms with van der Waals surface area (Å²) in [5, 5.41) is 5.62. The van der Waals surface area contributed by atoms with Gasteiger partial charge in [0.1, 0.15) is 0 Å². The van der Waals surface area contributed by atoms with E-state index in [1.807, 2.05) is 24.3 Å². The SMILES string of the molecule is CC1=NN(c2ccccn2)C(=O)C1=Cc1ccc2c(c1)OCO2. The first-order chi connectivity index (χ1) is 11.2. The van der Waals surface area contributed by atoms with Gasteiger partial charge in [0.25, 0.3) is 5.91 Å². The van der Waals surface area contributed by atoms with Gasteiger partial charge in [0.2, 0.25) is 6.79 Å². The number of hydrogen-bond acceptors (Lipinski definition) is 5. The molecule has 1 aromatic carbocycles. The Morgan fingerprint density at radius 2 is 2.04 bits per heavy atom. The van der Waals surface area contributed by atoms with Crippen molar-refractivity contribution in [2.24, 2.45) is 5.10 Å². The molecule has 3 heterocycles. The van der Waals surface area contributed by atoms with Crippen LogP contribution in [0.5, 0.6) is 11.5 Å². The molecule has 1 aromatic heterocycles. The normalized spacial score (nSPS) is 17.8. The zero-order valence-corrected chi connectivity index (χ0v) is 12.4. The van der Waals surface area contributed by atoms with Gasteiger partial charge in [0, 0.05) is 6.20 Å². The quantitative estimate of drug-likeness (QED) is 0.800. The highest BCUT2D eigenvalue weighted by Crippen LogP contribution is 2.33. The van der Waals surface area contributed by atoms with Crippen LogP contribution >= 0.6 is 0 Å². The molecular weight excluding hydrogens is 294 g/mol. The van der Waals surface area contributed by atoms with Crippen LogP contribution < -0.4 is 14.5 Å². The van der Waals surface area contributed by atoms with E-state index in [1.165, 1.54) is 5.01 Å². The van der Waals surface area contributed by atoms with Gasteiger partial charge < -0.3 is 9.47 Å². The average Bonchev–Trinajstić information content (AvgIpc) is 3.15. The lowest BCUT2D eigenvalue weighted by atomic mass is 10.1. The lowest BCUT2D eigenvalue weighted by Gasteiger charge is -2.09. The molecule has 0 spiro atoms. The van der Waals surface area contributed by atoms with Gasteiger partial charge in [-0.2, -0.15) is 10.1 Å². The Morgan fingerprint density at radius 1 is 1.17 bits per heavy atom. The minimum absolute atomic E-state index is 0.195. The largest absolute Gasteiger partial charge is 0.454 e. The van der Waals surface area contributed by atoms with Crippen LogP contribution in [0.3, 0.4) is 0 Å². The lowest BCUT2D eigenvalue weighted by molar-refractivity contribution is -0.114. The van der Waals surface area contributed by atoms with Crippen LogP contribution in [0, 0.1) is 0 Å². The molecule has 2 aliphatic rings. The van der Waals surface area contributed by atoms with Crippen molar-refractivity contribution in [1.82, 2.24) is 4.98 Å². The topological polar surface area (TPSA) is 64.0 Å². The van der Waals surface area contributed by atoms with Gasteiger partial charge in [-0.3, -0.25) is 4.79 Å². The van der Waals surface area contributed by atoms with E-state index in [0.29, 0.717) is 28.6 Å². The van der Waals surface area contributed by atoms with Crippen LogP contribution in [0.4, 0.5) is 5.82 Å². The summed E-state index contributed by atoms with van der Waals surface area (Å²) >= 11 is 0. The maximum atomic E-state index is 12.6. The number of ether oxygens (including phenoxy) is 2. The Hall–Kier alpha value is -3.15. The number of fused-ring (bicyclic) bond motifs is 1. The summed E-state index contributed by atoms with van der Waals surface area (Å²) in [5.41, 5.74) is 2.04. The van der Waals surface area contributed by atoms with Crippen molar-refractivity contribution in [3.63, 3.8) is 0 Å². The molecule has 23 heavy (non-hydrogen) atoms. The van der Waals surface area contributed by atoms with E-state index in [-0.39, 0.29) is 12.7 Å². The number of aromatic nitrogens is 1. The van der Waals surface area contributed by atoms with Gasteiger partial charge in [0.15, 0.2) is 17.3 Å². The predicted octanol–water partition coefficient (Wildman–Crippen LogP) is 2.62. The van der Waals surface area contributed by atoms with E-state index in [4.69, 9.17) is 9.47 Å². The standard InChI is InChI=1S/C17H13N3O3/c1-11-13(8-12-5-6-14-15(9-12)23-10-22-14)17(21)20(19-11)16-4-2-3-7-18-16/h2-9H,10H2,1H3. The first-order valence-electron chi connectivity index (χ1n) is 7.15. The maximum Gasteiger partial charge on any atom is 0.282 e. The van der Waals surface area contributed by atoms with Gasteiger partial charge in [-0.25, -0.2) is 4.98 Å². The molecule has 0 saturated heterocycles. The number of amides is 1. The highest BCUT2D eigenvalue weighted by atomic mass is 16.7. The molecule has 2 aliphatic heterocycles. The molecule has 0 bridgehead atoms. The summed E-state index contributed by atoms with van der Waals surface area (Å²) < 4.78 is 10.7. The van der Waals surface area contributed by atoms with Gasteiger partial charge in [-0.15, -0.1) is 0 Å². The van der Waals surface area contributed by atoms with Crippen molar-refractivity contribution in [3.8, 4) is 11.5 Å². The van der Waals surface area contributed by atoms with Gasteiger partial charge in [0.05, 0.1) is 11.3 Å². The molecule has 2 aromatic rings. The highest BCUT2D eigenvalue weighted by Gasteiger charge is 2.29. The highest BCUT2D eigenvalue weighted by molar-refractivity contribution is 6.31. The molecule has 1 amide bonds. The Morgan fingerprint density at radius 3 is 2.87 bits per heavy atom. The minimum atomic E-state index is -0.195. The molecule has 0 radical (unpaired) electrons. The fourth-order valence-electron chi connectivity index (χ4n) is 2.49. The molecule has 4 rings (SSSR count). The Bertz CT molecular complexity index is 843. The van der Waals surface area contributed by atoms with Crippen molar-refractivity contribution in [2.45, 2.75) is 6.92 Å². The van der Waals surface area contributed by atoms with Gasteiger partial charge in [-0.1, -0.05) is 12.1 Å². The summed E-state index contributed by atoms with van der Waals surface area (Å²) in [7, 11) is 0. The summed E-state index contributed by atoms with van der Waals surface area (Å²) in [6.07, 6.45) is 3.43. The predicted molar refractivity (Wildman–Crippen MR) is 85.4 cm³/mol. The molecule has 0 N–H and O–H groups in total.